The number of allylic oxidation sites excluding steroid dienone is 1. The number of alkyl halides is 4. The van der Waals surface area contributed by atoms with Crippen LogP contribution in [0.4, 0.5) is 22.4 Å². The summed E-state index contributed by atoms with van der Waals surface area (Å²) in [6.07, 6.45) is 1.08. The van der Waals surface area contributed by atoms with Crippen LogP contribution in [0.1, 0.15) is 82.7 Å². The Hall–Kier alpha value is -5.93. The average molecular weight is 1040 g/mol. The molecule has 7 heterocycles. The molecule has 1 spiro atoms. The molecule has 4 aliphatic heterocycles. The zero-order valence-corrected chi connectivity index (χ0v) is 43.2. The largest absolute Gasteiger partial charge is 0.464 e. The van der Waals surface area contributed by atoms with Gasteiger partial charge in [0.15, 0.2) is 0 Å². The summed E-state index contributed by atoms with van der Waals surface area (Å²) < 4.78 is 69.6. The van der Waals surface area contributed by atoms with Crippen LogP contribution >= 0.6 is 11.3 Å². The van der Waals surface area contributed by atoms with Crippen LogP contribution in [0.25, 0.3) is 33.4 Å². The van der Waals surface area contributed by atoms with Crippen LogP contribution < -0.4 is 10.7 Å². The minimum absolute atomic E-state index is 0.0580. The second-order valence-electron chi connectivity index (χ2n) is 21.0. The highest BCUT2D eigenvalue weighted by molar-refractivity contribution is 7.10. The first kappa shape index (κ1) is 53.4. The van der Waals surface area contributed by atoms with Gasteiger partial charge in [-0.2, -0.15) is 13.2 Å². The normalized spacial score (nSPS) is 21.2. The van der Waals surface area contributed by atoms with Gasteiger partial charge < -0.3 is 34.1 Å². The summed E-state index contributed by atoms with van der Waals surface area (Å²) in [5.41, 5.74) is 5.42. The fourth-order valence-electron chi connectivity index (χ4n) is 10.8. The van der Waals surface area contributed by atoms with E-state index < -0.39 is 66.8 Å². The number of benzene rings is 1. The van der Waals surface area contributed by atoms with Crippen molar-refractivity contribution in [3.8, 4) is 22.5 Å². The first-order valence-corrected chi connectivity index (χ1v) is 25.7. The van der Waals surface area contributed by atoms with Crippen molar-refractivity contribution in [2.75, 3.05) is 60.2 Å². The Morgan fingerprint density at radius 1 is 1.08 bits per heavy atom. The van der Waals surface area contributed by atoms with Gasteiger partial charge in [-0.25, -0.2) is 19.6 Å². The lowest BCUT2D eigenvalue weighted by Gasteiger charge is -2.54. The lowest BCUT2D eigenvalue weighted by Crippen LogP contribution is -2.64. The van der Waals surface area contributed by atoms with Crippen LogP contribution in [-0.2, 0) is 48.0 Å². The third-order valence-corrected chi connectivity index (χ3v) is 15.5. The number of methoxy groups -OCH3 is 1. The molecule has 16 nitrogen and oxygen atoms in total. The Morgan fingerprint density at radius 2 is 1.82 bits per heavy atom. The molecule has 6 bridgehead atoms. The molecule has 5 amide bonds. The Kier molecular flexibility index (Phi) is 15.7. The maximum atomic E-state index is 14.7. The molecule has 4 aromatic rings. The van der Waals surface area contributed by atoms with Gasteiger partial charge >= 0.3 is 18.2 Å². The van der Waals surface area contributed by atoms with Crippen molar-refractivity contribution in [1.29, 1.82) is 0 Å². The highest BCUT2D eigenvalue weighted by Gasteiger charge is 2.48. The number of hydrogen-bond acceptors (Lipinski definition) is 11. The smallest absolute Gasteiger partial charge is 0.406 e. The number of rotatable bonds is 10. The molecule has 1 aromatic carbocycles. The number of piperidine rings is 1. The van der Waals surface area contributed by atoms with Crippen LogP contribution in [0.3, 0.4) is 0 Å². The number of ether oxygens (including phenoxy) is 2. The first-order chi connectivity index (χ1) is 34.6. The van der Waals surface area contributed by atoms with Gasteiger partial charge in [0, 0.05) is 104 Å². The van der Waals surface area contributed by atoms with Crippen LogP contribution in [0.15, 0.2) is 54.1 Å². The molecule has 21 heteroatoms. The van der Waals surface area contributed by atoms with Gasteiger partial charge in [0.2, 0.25) is 11.8 Å². The molecular weight excluding hydrogens is 971 g/mol. The van der Waals surface area contributed by atoms with E-state index in [2.05, 4.69) is 15.7 Å². The van der Waals surface area contributed by atoms with E-state index in [-0.39, 0.29) is 49.3 Å². The number of fused-ring (bicyclic) bond motifs is 6. The van der Waals surface area contributed by atoms with Gasteiger partial charge in [0.25, 0.3) is 5.91 Å². The maximum absolute atomic E-state index is 14.7. The molecule has 2 N–H and O–H groups in total. The monoisotopic (exact) mass is 1040 g/mol. The SMILES string of the molecule is CO[C@@H](C)c1ncccc1-c1c2c3cc(ccc3n1CC(F)(F)F)-c1csc(n1)C[C@H](NC(=O)[C@H](C(C)C)N(C)C(=O)N1CCC3(CC1)CN(C(=O)/C=C/CF)C3)C(=O)N1CCC[C@H](N1)C(=O)OCC(C)(C)C2. The second-order valence-corrected chi connectivity index (χ2v) is 22.0. The Bertz CT molecular complexity index is 2740. The minimum atomic E-state index is -4.60. The average Bonchev–Trinajstić information content (AvgIpc) is 3.93. The number of amides is 5. The van der Waals surface area contributed by atoms with Gasteiger partial charge in [-0.1, -0.05) is 33.8 Å². The zero-order valence-electron chi connectivity index (χ0n) is 42.4. The lowest BCUT2D eigenvalue weighted by atomic mass is 9.72. The molecule has 0 aliphatic carbocycles. The fraction of sp³-hybridized carbons (Fsp3) is 0.558. The summed E-state index contributed by atoms with van der Waals surface area (Å²) in [5, 5.41) is 7.14. The molecule has 4 aliphatic rings. The van der Waals surface area contributed by atoms with Crippen molar-refractivity contribution in [2.45, 2.75) is 110 Å². The Morgan fingerprint density at radius 3 is 2.51 bits per heavy atom. The fourth-order valence-corrected chi connectivity index (χ4v) is 11.6. The highest BCUT2D eigenvalue weighted by atomic mass is 32.1. The van der Waals surface area contributed by atoms with Crippen molar-refractivity contribution in [3.63, 3.8) is 0 Å². The predicted molar refractivity (Wildman–Crippen MR) is 266 cm³/mol. The van der Waals surface area contributed by atoms with E-state index in [1.165, 1.54) is 45.1 Å². The number of nitrogens with zero attached hydrogens (tertiary/aromatic N) is 7. The molecule has 0 saturated carbocycles. The van der Waals surface area contributed by atoms with Gasteiger partial charge in [0.1, 0.15) is 31.3 Å². The van der Waals surface area contributed by atoms with Crippen LogP contribution in [-0.4, -0.2) is 148 Å². The second kappa shape index (κ2) is 21.5. The number of aromatic nitrogens is 3. The molecule has 0 radical (unpaired) electrons. The first-order valence-electron chi connectivity index (χ1n) is 24.8. The quantitative estimate of drug-likeness (QED) is 0.0936. The number of thiazole rings is 1. The number of hydrazine groups is 1. The van der Waals surface area contributed by atoms with E-state index in [4.69, 9.17) is 14.5 Å². The van der Waals surface area contributed by atoms with E-state index in [0.717, 1.165) is 0 Å². The molecule has 3 saturated heterocycles. The highest BCUT2D eigenvalue weighted by Crippen LogP contribution is 2.44. The van der Waals surface area contributed by atoms with Crippen molar-refractivity contribution in [3.05, 3.63) is 70.3 Å². The molecule has 3 aromatic heterocycles. The van der Waals surface area contributed by atoms with Crippen LogP contribution in [0.2, 0.25) is 0 Å². The van der Waals surface area contributed by atoms with Gasteiger partial charge in [-0.3, -0.25) is 29.2 Å². The van der Waals surface area contributed by atoms with Crippen molar-refractivity contribution in [2.24, 2.45) is 16.7 Å². The number of esters is 1. The van der Waals surface area contributed by atoms with Crippen molar-refractivity contribution in [1.82, 2.24) is 45.0 Å². The van der Waals surface area contributed by atoms with Crippen LogP contribution in [0.5, 0.6) is 0 Å². The molecule has 3 fully saturated rings. The van der Waals surface area contributed by atoms with E-state index in [0.29, 0.717) is 102 Å². The van der Waals surface area contributed by atoms with Gasteiger partial charge in [0.05, 0.1) is 34.8 Å². The summed E-state index contributed by atoms with van der Waals surface area (Å²) in [7, 11) is 3.08. The third-order valence-electron chi connectivity index (χ3n) is 14.6. The summed E-state index contributed by atoms with van der Waals surface area (Å²) in [5.74, 6) is -2.31. The standard InChI is InChI=1S/C52H65F4N9O7S/c1-31(2)44(61(6)49(70)62-21-16-51(17-22-62)27-63(28-51)42(66)13-8-18-53)46(67)59-38-24-41-58-39(26-73-41)33-14-15-40-35(23-33)36(25-50(4,5)30-72-48(69)37-12-10-20-65(60-37)47(38)68)45(64(40)29-52(54,55)56)34-11-9-19-57-43(34)32(3)71-7/h8-9,11,13-15,19,23,26,31-32,37-38,44,60H,10,12,16-18,20-22,24-25,27-30H2,1-7H3,(H,59,67)/b13-8+/t32-,37-,38-,44-/m0/s1. The summed E-state index contributed by atoms with van der Waals surface area (Å²) in [4.78, 5) is 84.0. The van der Waals surface area contributed by atoms with E-state index >= 15 is 0 Å². The summed E-state index contributed by atoms with van der Waals surface area (Å²) >= 11 is 1.26. The van der Waals surface area contributed by atoms with Gasteiger partial charge in [-0.15, -0.1) is 11.3 Å². The number of cyclic esters (lactones) is 1. The Labute approximate surface area is 426 Å². The summed E-state index contributed by atoms with van der Waals surface area (Å²) in [6, 6.07) is 5.15. The van der Waals surface area contributed by atoms with Crippen molar-refractivity contribution < 1.29 is 51.0 Å². The number of halogens is 4. The number of carbonyl (C=O) groups excluding carboxylic acids is 5. The molecule has 394 valence electrons. The number of likely N-dealkylation sites (tertiary alicyclic amines) is 2. The lowest BCUT2D eigenvalue weighted by molar-refractivity contribution is -0.155. The van der Waals surface area contributed by atoms with Gasteiger partial charge in [-0.05, 0) is 80.9 Å². The summed E-state index contributed by atoms with van der Waals surface area (Å²) in [6.45, 7) is 9.18. The number of nitrogens with one attached hydrogen (secondary N) is 2. The van der Waals surface area contributed by atoms with Crippen molar-refractivity contribution >= 4 is 52.0 Å². The molecule has 0 unspecified atom stereocenters. The number of urea groups is 1. The minimum Gasteiger partial charge on any atom is -0.464 e. The maximum Gasteiger partial charge on any atom is 0.406 e. The molecule has 8 rings (SSSR count). The van der Waals surface area contributed by atoms with Crippen LogP contribution in [0, 0.1) is 16.7 Å². The number of hydrogen-bond donors (Lipinski definition) is 2. The van der Waals surface area contributed by atoms with E-state index in [9.17, 15) is 41.5 Å². The number of pyridine rings is 1. The Balaban J connectivity index is 1.11. The number of carbonyl (C=O) groups is 5. The zero-order chi connectivity index (χ0) is 52.6. The number of likely N-dealkylation sites (N-methyl/N-ethyl adjacent to an activating group) is 1. The molecular formula is C52H65F4N9O7S. The van der Waals surface area contributed by atoms with E-state index in [1.54, 1.807) is 59.6 Å². The third kappa shape index (κ3) is 11.6. The predicted octanol–water partition coefficient (Wildman–Crippen LogP) is 7.27. The molecule has 4 atom stereocenters. The van der Waals surface area contributed by atoms with E-state index in [1.807, 2.05) is 33.8 Å². The molecule has 73 heavy (non-hydrogen) atoms. The topological polar surface area (TPSA) is 172 Å².